The van der Waals surface area contributed by atoms with Crippen molar-refractivity contribution in [2.45, 2.75) is 52.1 Å². The summed E-state index contributed by atoms with van der Waals surface area (Å²) in [6.07, 6.45) is 7.19. The second-order valence-corrected chi connectivity index (χ2v) is 5.98. The second-order valence-electron chi connectivity index (χ2n) is 5.98. The van der Waals surface area contributed by atoms with Crippen molar-refractivity contribution >= 4 is 5.91 Å². The molecule has 0 bridgehead atoms. The number of amides is 1. The summed E-state index contributed by atoms with van der Waals surface area (Å²) in [7, 11) is 0. The van der Waals surface area contributed by atoms with Gasteiger partial charge in [-0.1, -0.05) is 25.7 Å². The van der Waals surface area contributed by atoms with Crippen LogP contribution in [0.1, 0.15) is 46.0 Å². The largest absolute Gasteiger partial charge is 0.378 e. The lowest BCUT2D eigenvalue weighted by atomic mass is 9.78. The summed E-state index contributed by atoms with van der Waals surface area (Å²) in [6.45, 7) is 13.4. The van der Waals surface area contributed by atoms with Crippen LogP contribution in [0, 0.1) is 11.8 Å². The highest BCUT2D eigenvalue weighted by Gasteiger charge is 2.29. The van der Waals surface area contributed by atoms with Crippen LogP contribution >= 0.6 is 0 Å². The summed E-state index contributed by atoms with van der Waals surface area (Å²) >= 11 is 0. The molecule has 0 aliphatic heterocycles. The Hall–Kier alpha value is -1.09. The third-order valence-electron chi connectivity index (χ3n) is 4.07. The van der Waals surface area contributed by atoms with Crippen molar-refractivity contribution in [2.24, 2.45) is 11.8 Å². The Bertz CT molecular complexity index is 338. The fraction of sp³-hybridized carbons (Fsp3) is 0.706. The highest BCUT2D eigenvalue weighted by Crippen LogP contribution is 2.34. The maximum absolute atomic E-state index is 11.0. The standard InChI is InChI=1S/C17H29NO2/c1-5-17(19)18-10-6-7-11-20-16-12-14(4)8-9-15(16)13(2)3/h5,14-16H,1-2,6-12H2,3-4H3,(H,18,19). The van der Waals surface area contributed by atoms with E-state index < -0.39 is 0 Å². The fourth-order valence-electron chi connectivity index (χ4n) is 2.82. The number of carbonyl (C=O) groups excluding carboxylic acids is 1. The first kappa shape index (κ1) is 17.0. The molecule has 0 spiro atoms. The number of hydrogen-bond donors (Lipinski definition) is 1. The average molecular weight is 279 g/mol. The molecule has 0 heterocycles. The molecular formula is C17H29NO2. The molecule has 3 heteroatoms. The Kier molecular flexibility index (Phi) is 7.60. The van der Waals surface area contributed by atoms with Crippen LogP contribution < -0.4 is 5.32 Å². The van der Waals surface area contributed by atoms with Gasteiger partial charge in [-0.2, -0.15) is 0 Å². The summed E-state index contributed by atoms with van der Waals surface area (Å²) in [5, 5.41) is 2.78. The van der Waals surface area contributed by atoms with Crippen LogP contribution in [0.15, 0.2) is 24.8 Å². The molecule has 0 aromatic rings. The Labute approximate surface area is 123 Å². The van der Waals surface area contributed by atoms with Gasteiger partial charge >= 0.3 is 0 Å². The van der Waals surface area contributed by atoms with Crippen LogP contribution in [-0.4, -0.2) is 25.2 Å². The van der Waals surface area contributed by atoms with Gasteiger partial charge in [-0.15, -0.1) is 0 Å². The van der Waals surface area contributed by atoms with E-state index in [-0.39, 0.29) is 5.91 Å². The highest BCUT2D eigenvalue weighted by molar-refractivity contribution is 5.86. The van der Waals surface area contributed by atoms with Crippen molar-refractivity contribution < 1.29 is 9.53 Å². The van der Waals surface area contributed by atoms with E-state index in [0.717, 1.165) is 31.8 Å². The molecule has 1 amide bonds. The Morgan fingerprint density at radius 3 is 2.80 bits per heavy atom. The van der Waals surface area contributed by atoms with Gasteiger partial charge in [0.1, 0.15) is 0 Å². The van der Waals surface area contributed by atoms with Gasteiger partial charge in [-0.25, -0.2) is 0 Å². The van der Waals surface area contributed by atoms with E-state index in [0.29, 0.717) is 18.6 Å². The monoisotopic (exact) mass is 279 g/mol. The second kappa shape index (κ2) is 8.96. The minimum absolute atomic E-state index is 0.102. The zero-order chi connectivity index (χ0) is 15.0. The summed E-state index contributed by atoms with van der Waals surface area (Å²) in [5.74, 6) is 1.17. The van der Waals surface area contributed by atoms with Gasteiger partial charge in [-0.3, -0.25) is 4.79 Å². The van der Waals surface area contributed by atoms with Gasteiger partial charge in [0.05, 0.1) is 6.10 Å². The van der Waals surface area contributed by atoms with Crippen LogP contribution in [0.5, 0.6) is 0 Å². The molecule has 20 heavy (non-hydrogen) atoms. The Balaban J connectivity index is 2.19. The van der Waals surface area contributed by atoms with Gasteiger partial charge < -0.3 is 10.1 Å². The first-order valence-electron chi connectivity index (χ1n) is 7.71. The molecule has 0 aromatic carbocycles. The molecule has 1 N–H and O–H groups in total. The summed E-state index contributed by atoms with van der Waals surface area (Å²) in [5.41, 5.74) is 1.25. The van der Waals surface area contributed by atoms with E-state index in [1.54, 1.807) is 0 Å². The van der Waals surface area contributed by atoms with Crippen LogP contribution in [0.3, 0.4) is 0 Å². The van der Waals surface area contributed by atoms with Crippen molar-refractivity contribution in [3.05, 3.63) is 24.8 Å². The van der Waals surface area contributed by atoms with Crippen molar-refractivity contribution in [3.63, 3.8) is 0 Å². The number of carbonyl (C=O) groups is 1. The zero-order valence-corrected chi connectivity index (χ0v) is 13.0. The molecule has 3 atom stereocenters. The van der Waals surface area contributed by atoms with Crippen LogP contribution in [0.4, 0.5) is 0 Å². The maximum atomic E-state index is 11.0. The minimum atomic E-state index is -0.102. The Morgan fingerprint density at radius 1 is 1.40 bits per heavy atom. The predicted molar refractivity (Wildman–Crippen MR) is 83.5 cm³/mol. The number of rotatable bonds is 8. The summed E-state index contributed by atoms with van der Waals surface area (Å²) in [6, 6.07) is 0. The maximum Gasteiger partial charge on any atom is 0.243 e. The van der Waals surface area contributed by atoms with Crippen LogP contribution in [0.2, 0.25) is 0 Å². The molecule has 1 aliphatic rings. The van der Waals surface area contributed by atoms with Crippen LogP contribution in [0.25, 0.3) is 0 Å². The molecule has 1 fully saturated rings. The van der Waals surface area contributed by atoms with Gasteiger partial charge in [0.2, 0.25) is 5.91 Å². The van der Waals surface area contributed by atoms with Crippen molar-refractivity contribution in [2.75, 3.05) is 13.2 Å². The Morgan fingerprint density at radius 2 is 2.15 bits per heavy atom. The lowest BCUT2D eigenvalue weighted by Gasteiger charge is -2.35. The third kappa shape index (κ3) is 5.91. The zero-order valence-electron chi connectivity index (χ0n) is 13.0. The first-order valence-corrected chi connectivity index (χ1v) is 7.71. The minimum Gasteiger partial charge on any atom is -0.378 e. The first-order chi connectivity index (χ1) is 9.54. The average Bonchev–Trinajstić information content (AvgIpc) is 2.42. The van der Waals surface area contributed by atoms with E-state index in [4.69, 9.17) is 4.74 Å². The smallest absolute Gasteiger partial charge is 0.243 e. The molecule has 1 aliphatic carbocycles. The summed E-state index contributed by atoms with van der Waals surface area (Å²) in [4.78, 5) is 11.0. The van der Waals surface area contributed by atoms with Crippen molar-refractivity contribution in [1.82, 2.24) is 5.32 Å². The SMILES string of the molecule is C=CC(=O)NCCCCOC1CC(C)CCC1C(=C)C. The van der Waals surface area contributed by atoms with Gasteiger partial charge in [-0.05, 0) is 51.0 Å². The van der Waals surface area contributed by atoms with E-state index >= 15 is 0 Å². The molecular weight excluding hydrogens is 250 g/mol. The van der Waals surface area contributed by atoms with Crippen LogP contribution in [-0.2, 0) is 9.53 Å². The number of unbranched alkanes of at least 4 members (excludes halogenated alkanes) is 1. The number of hydrogen-bond acceptors (Lipinski definition) is 2. The predicted octanol–water partition coefficient (Wildman–Crippen LogP) is 3.47. The quantitative estimate of drug-likeness (QED) is 0.420. The highest BCUT2D eigenvalue weighted by atomic mass is 16.5. The fourth-order valence-corrected chi connectivity index (χ4v) is 2.82. The molecule has 114 valence electrons. The van der Waals surface area contributed by atoms with E-state index in [1.807, 2.05) is 0 Å². The van der Waals surface area contributed by atoms with Gasteiger partial charge in [0.15, 0.2) is 0 Å². The van der Waals surface area contributed by atoms with Crippen molar-refractivity contribution in [3.8, 4) is 0 Å². The van der Waals surface area contributed by atoms with E-state index in [9.17, 15) is 4.79 Å². The van der Waals surface area contributed by atoms with Gasteiger partial charge in [0.25, 0.3) is 0 Å². The number of nitrogens with one attached hydrogen (secondary N) is 1. The molecule has 3 nitrogen and oxygen atoms in total. The number of ether oxygens (including phenoxy) is 1. The van der Waals surface area contributed by atoms with Crippen molar-refractivity contribution in [1.29, 1.82) is 0 Å². The van der Waals surface area contributed by atoms with Gasteiger partial charge in [0, 0.05) is 19.1 Å². The van der Waals surface area contributed by atoms with E-state index in [1.165, 1.54) is 24.5 Å². The molecule has 0 saturated heterocycles. The van der Waals surface area contributed by atoms with E-state index in [2.05, 4.69) is 32.3 Å². The topological polar surface area (TPSA) is 38.3 Å². The normalized spacial score (nSPS) is 26.0. The summed E-state index contributed by atoms with van der Waals surface area (Å²) < 4.78 is 6.07. The molecule has 1 rings (SSSR count). The molecule has 3 unspecified atom stereocenters. The third-order valence-corrected chi connectivity index (χ3v) is 4.07. The lowest BCUT2D eigenvalue weighted by Crippen LogP contribution is -2.32. The molecule has 0 aromatic heterocycles. The lowest BCUT2D eigenvalue weighted by molar-refractivity contribution is -0.116. The molecule has 0 radical (unpaired) electrons. The molecule has 1 saturated carbocycles.